The van der Waals surface area contributed by atoms with Crippen LogP contribution in [-0.4, -0.2) is 25.4 Å². The summed E-state index contributed by atoms with van der Waals surface area (Å²) in [5.41, 5.74) is 8.16. The Morgan fingerprint density at radius 3 is 2.83 bits per heavy atom. The zero-order valence-corrected chi connectivity index (χ0v) is 13.7. The van der Waals surface area contributed by atoms with Crippen LogP contribution in [0.4, 0.5) is 18.9 Å². The second-order valence-electron chi connectivity index (χ2n) is 4.77. The van der Waals surface area contributed by atoms with E-state index in [0.29, 0.717) is 0 Å². The predicted octanol–water partition coefficient (Wildman–Crippen LogP) is 4.66. The summed E-state index contributed by atoms with van der Waals surface area (Å²) in [7, 11) is 0. The van der Waals surface area contributed by atoms with Gasteiger partial charge in [-0.1, -0.05) is 32.6 Å². The maximum atomic E-state index is 12.6. The highest BCUT2D eigenvalue weighted by Gasteiger charge is 2.37. The van der Waals surface area contributed by atoms with E-state index in [9.17, 15) is 18.0 Å². The molecule has 124 valence electrons. The van der Waals surface area contributed by atoms with Crippen molar-refractivity contribution in [3.8, 4) is 5.75 Å². The number of carbonyl (C=O) groups is 1. The van der Waals surface area contributed by atoms with Gasteiger partial charge in [-0.25, -0.2) is 0 Å². The van der Waals surface area contributed by atoms with E-state index in [1.54, 1.807) is 0 Å². The highest BCUT2D eigenvalue weighted by Crippen LogP contribution is 2.43. The van der Waals surface area contributed by atoms with Crippen LogP contribution in [0.15, 0.2) is 21.7 Å². The molecule has 0 saturated carbocycles. The maximum absolute atomic E-state index is 12.6. The standard InChI is InChI=1S/C12H9BrClF3N4O2/c13-7-2-8(14)11(9(3-7)23-12(15,16)17)21-5-6(1-10(21)22)4-19-20-18/h2-3,6H,1,4-5H2. The zero-order valence-electron chi connectivity index (χ0n) is 11.3. The normalized spacial score (nSPS) is 18.0. The molecule has 23 heavy (non-hydrogen) atoms. The molecule has 1 aliphatic rings. The van der Waals surface area contributed by atoms with E-state index in [0.717, 1.165) is 11.0 Å². The molecule has 0 aliphatic carbocycles. The summed E-state index contributed by atoms with van der Waals surface area (Å²) in [5, 5.41) is 3.33. The van der Waals surface area contributed by atoms with Gasteiger partial charge in [-0.3, -0.25) is 4.79 Å². The van der Waals surface area contributed by atoms with Crippen molar-refractivity contribution >= 4 is 39.1 Å². The molecule has 1 saturated heterocycles. The summed E-state index contributed by atoms with van der Waals surface area (Å²) in [6.45, 7) is 0.162. The number of halogens is 5. The lowest BCUT2D eigenvalue weighted by atomic mass is 10.1. The van der Waals surface area contributed by atoms with Gasteiger partial charge in [0.2, 0.25) is 5.91 Å². The number of rotatable bonds is 4. The van der Waals surface area contributed by atoms with Crippen molar-refractivity contribution in [1.29, 1.82) is 0 Å². The molecule has 0 spiro atoms. The van der Waals surface area contributed by atoms with E-state index in [1.807, 2.05) is 0 Å². The molecule has 1 atom stereocenters. The van der Waals surface area contributed by atoms with Crippen molar-refractivity contribution in [2.45, 2.75) is 12.8 Å². The number of carbonyl (C=O) groups excluding carboxylic acids is 1. The van der Waals surface area contributed by atoms with Crippen LogP contribution >= 0.6 is 27.5 Å². The van der Waals surface area contributed by atoms with Crippen molar-refractivity contribution in [2.24, 2.45) is 11.0 Å². The minimum Gasteiger partial charge on any atom is -0.403 e. The van der Waals surface area contributed by atoms with E-state index < -0.39 is 18.0 Å². The fraction of sp³-hybridized carbons (Fsp3) is 0.417. The number of hydrogen-bond donors (Lipinski definition) is 0. The lowest BCUT2D eigenvalue weighted by molar-refractivity contribution is -0.274. The van der Waals surface area contributed by atoms with Crippen LogP contribution in [-0.2, 0) is 4.79 Å². The summed E-state index contributed by atoms with van der Waals surface area (Å²) in [6, 6.07) is 2.46. The van der Waals surface area contributed by atoms with Crippen LogP contribution in [0.1, 0.15) is 6.42 Å². The van der Waals surface area contributed by atoms with Crippen LogP contribution in [0.3, 0.4) is 0 Å². The van der Waals surface area contributed by atoms with Gasteiger partial charge in [0.15, 0.2) is 5.75 Å². The topological polar surface area (TPSA) is 78.3 Å². The molecule has 0 aromatic heterocycles. The number of amides is 1. The van der Waals surface area contributed by atoms with E-state index in [1.165, 1.54) is 6.07 Å². The first-order chi connectivity index (χ1) is 10.7. The average molecular weight is 414 g/mol. The summed E-state index contributed by atoms with van der Waals surface area (Å²) in [4.78, 5) is 15.8. The van der Waals surface area contributed by atoms with Crippen molar-refractivity contribution < 1.29 is 22.7 Å². The molecule has 11 heteroatoms. The molecule has 1 fully saturated rings. The monoisotopic (exact) mass is 412 g/mol. The van der Waals surface area contributed by atoms with Gasteiger partial charge in [0.1, 0.15) is 5.69 Å². The molecule has 0 bridgehead atoms. The third-order valence-corrected chi connectivity index (χ3v) is 3.84. The van der Waals surface area contributed by atoms with Gasteiger partial charge in [0.05, 0.1) is 5.02 Å². The molecule has 1 aromatic carbocycles. The minimum absolute atomic E-state index is 0.0525. The zero-order chi connectivity index (χ0) is 17.2. The molecule has 1 unspecified atom stereocenters. The van der Waals surface area contributed by atoms with E-state index in [-0.39, 0.29) is 40.6 Å². The molecule has 0 N–H and O–H groups in total. The Morgan fingerprint density at radius 1 is 1.52 bits per heavy atom. The first-order valence-electron chi connectivity index (χ1n) is 6.27. The Kier molecular flexibility index (Phi) is 5.28. The van der Waals surface area contributed by atoms with Gasteiger partial charge < -0.3 is 9.64 Å². The summed E-state index contributed by atoms with van der Waals surface area (Å²) < 4.78 is 42.0. The summed E-state index contributed by atoms with van der Waals surface area (Å²) in [6.07, 6.45) is -4.87. The number of alkyl halides is 3. The molecule has 1 heterocycles. The fourth-order valence-electron chi connectivity index (χ4n) is 2.28. The number of hydrogen-bond acceptors (Lipinski definition) is 3. The van der Waals surface area contributed by atoms with Crippen LogP contribution < -0.4 is 9.64 Å². The van der Waals surface area contributed by atoms with Gasteiger partial charge in [-0.2, -0.15) is 0 Å². The molecule has 1 amide bonds. The molecule has 1 aliphatic heterocycles. The van der Waals surface area contributed by atoms with Gasteiger partial charge in [-0.05, 0) is 23.6 Å². The van der Waals surface area contributed by atoms with Crippen LogP contribution in [0, 0.1) is 5.92 Å². The Morgan fingerprint density at radius 2 is 2.22 bits per heavy atom. The van der Waals surface area contributed by atoms with Crippen molar-refractivity contribution in [3.05, 3.63) is 32.1 Å². The van der Waals surface area contributed by atoms with Crippen LogP contribution in [0.5, 0.6) is 5.75 Å². The predicted molar refractivity (Wildman–Crippen MR) is 80.3 cm³/mol. The molecule has 2 rings (SSSR count). The number of nitrogens with zero attached hydrogens (tertiary/aromatic N) is 4. The summed E-state index contributed by atoms with van der Waals surface area (Å²) >= 11 is 9.04. The molecule has 6 nitrogen and oxygen atoms in total. The number of benzene rings is 1. The Hall–Kier alpha value is -1.64. The number of azide groups is 1. The molecular weight excluding hydrogens is 405 g/mol. The lowest BCUT2D eigenvalue weighted by Gasteiger charge is -2.22. The second-order valence-corrected chi connectivity index (χ2v) is 6.09. The third-order valence-electron chi connectivity index (χ3n) is 3.10. The van der Waals surface area contributed by atoms with E-state index in [4.69, 9.17) is 17.1 Å². The van der Waals surface area contributed by atoms with Gasteiger partial charge in [0.25, 0.3) is 0 Å². The Labute approximate surface area is 141 Å². The molecule has 1 aromatic rings. The van der Waals surface area contributed by atoms with Gasteiger partial charge >= 0.3 is 6.36 Å². The second kappa shape index (κ2) is 6.86. The highest BCUT2D eigenvalue weighted by molar-refractivity contribution is 9.10. The minimum atomic E-state index is -4.92. The SMILES string of the molecule is [N-]=[N+]=NCC1CC(=O)N(c2c(Cl)cc(Br)cc2OC(F)(F)F)C1. The van der Waals surface area contributed by atoms with Crippen molar-refractivity contribution in [3.63, 3.8) is 0 Å². The quantitative estimate of drug-likeness (QED) is 0.409. The molecule has 0 radical (unpaired) electrons. The van der Waals surface area contributed by atoms with Gasteiger partial charge in [-0.15, -0.1) is 13.2 Å². The Balaban J connectivity index is 2.38. The van der Waals surface area contributed by atoms with Gasteiger partial charge in [0, 0.05) is 28.9 Å². The smallest absolute Gasteiger partial charge is 0.403 e. The molecular formula is C12H9BrClF3N4O2. The Bertz CT molecular complexity index is 679. The average Bonchev–Trinajstić information content (AvgIpc) is 2.75. The highest BCUT2D eigenvalue weighted by atomic mass is 79.9. The number of ether oxygens (including phenoxy) is 1. The van der Waals surface area contributed by atoms with E-state index in [2.05, 4.69) is 30.7 Å². The van der Waals surface area contributed by atoms with Crippen LogP contribution in [0.25, 0.3) is 10.4 Å². The lowest BCUT2D eigenvalue weighted by Crippen LogP contribution is -2.27. The van der Waals surface area contributed by atoms with Crippen molar-refractivity contribution in [1.82, 2.24) is 0 Å². The largest absolute Gasteiger partial charge is 0.573 e. The summed E-state index contributed by atoms with van der Waals surface area (Å²) in [5.74, 6) is -1.29. The van der Waals surface area contributed by atoms with E-state index >= 15 is 0 Å². The third kappa shape index (κ3) is 4.43. The van der Waals surface area contributed by atoms with Crippen molar-refractivity contribution in [2.75, 3.05) is 18.0 Å². The van der Waals surface area contributed by atoms with Crippen LogP contribution in [0.2, 0.25) is 5.02 Å². The maximum Gasteiger partial charge on any atom is 0.573 e. The fourth-order valence-corrected chi connectivity index (χ4v) is 3.16. The first-order valence-corrected chi connectivity index (χ1v) is 7.44. The number of anilines is 1. The first kappa shape index (κ1) is 17.7.